The van der Waals surface area contributed by atoms with Crippen molar-refractivity contribution in [2.75, 3.05) is 45.5 Å². The van der Waals surface area contributed by atoms with Crippen LogP contribution in [-0.4, -0.2) is 64.8 Å². The van der Waals surface area contributed by atoms with Crippen molar-refractivity contribution < 1.29 is 12.8 Å². The van der Waals surface area contributed by atoms with Crippen LogP contribution in [-0.2, 0) is 10.0 Å². The van der Waals surface area contributed by atoms with Gasteiger partial charge in [0.15, 0.2) is 5.96 Å². The fourth-order valence-corrected chi connectivity index (χ4v) is 3.64. The normalized spacial score (nSPS) is 17.4. The van der Waals surface area contributed by atoms with Crippen LogP contribution in [0.1, 0.15) is 38.0 Å². The minimum absolute atomic E-state index is 0.105. The number of hydrogen-bond acceptors (Lipinski definition) is 5. The molecule has 0 amide bonds. The summed E-state index contributed by atoms with van der Waals surface area (Å²) in [5.41, 5.74) is 0. The van der Waals surface area contributed by atoms with Gasteiger partial charge in [-0.3, -0.25) is 9.89 Å². The van der Waals surface area contributed by atoms with Crippen LogP contribution in [0, 0.1) is 0 Å². The number of guanidine groups is 1. The second-order valence-electron chi connectivity index (χ2n) is 6.31. The van der Waals surface area contributed by atoms with Crippen LogP contribution in [0.4, 0.5) is 0 Å². The summed E-state index contributed by atoms with van der Waals surface area (Å²) in [5.74, 6) is 1.77. The number of nitrogens with zero attached hydrogens (tertiary/aromatic N) is 2. The molecule has 0 bridgehead atoms. The molecule has 1 saturated heterocycles. The molecule has 0 aromatic carbocycles. The third-order valence-electron chi connectivity index (χ3n) is 4.49. The van der Waals surface area contributed by atoms with Crippen molar-refractivity contribution in [2.24, 2.45) is 4.99 Å². The van der Waals surface area contributed by atoms with Crippen LogP contribution in [0.2, 0.25) is 0 Å². The van der Waals surface area contributed by atoms with E-state index in [-0.39, 0.29) is 11.8 Å². The van der Waals surface area contributed by atoms with Crippen LogP contribution in [0.25, 0.3) is 0 Å². The molecule has 0 radical (unpaired) electrons. The average molecular weight is 386 g/mol. The monoisotopic (exact) mass is 385 g/mol. The lowest BCUT2D eigenvalue weighted by atomic mass is 10.2. The summed E-state index contributed by atoms with van der Waals surface area (Å²) in [4.78, 5) is 6.67. The Morgan fingerprint density at radius 2 is 2.08 bits per heavy atom. The van der Waals surface area contributed by atoms with Crippen molar-refractivity contribution in [3.8, 4) is 0 Å². The molecule has 148 valence electrons. The summed E-state index contributed by atoms with van der Waals surface area (Å²) in [7, 11) is -1.39. The summed E-state index contributed by atoms with van der Waals surface area (Å²) < 4.78 is 31.0. The highest BCUT2D eigenvalue weighted by atomic mass is 32.2. The molecule has 8 nitrogen and oxygen atoms in total. The molecule has 0 saturated carbocycles. The fourth-order valence-electron chi connectivity index (χ4n) is 2.98. The first-order valence-corrected chi connectivity index (χ1v) is 10.9. The minimum Gasteiger partial charge on any atom is -0.468 e. The van der Waals surface area contributed by atoms with E-state index in [1.54, 1.807) is 20.2 Å². The lowest BCUT2D eigenvalue weighted by Crippen LogP contribution is -2.43. The van der Waals surface area contributed by atoms with Gasteiger partial charge in [0, 0.05) is 26.7 Å². The summed E-state index contributed by atoms with van der Waals surface area (Å²) in [5, 5.41) is 6.57. The summed E-state index contributed by atoms with van der Waals surface area (Å²) in [6.07, 6.45) is 4.84. The van der Waals surface area contributed by atoms with Gasteiger partial charge in [0.1, 0.15) is 5.76 Å². The Kier molecular flexibility index (Phi) is 8.40. The van der Waals surface area contributed by atoms with E-state index in [0.29, 0.717) is 32.0 Å². The van der Waals surface area contributed by atoms with Gasteiger partial charge in [0.25, 0.3) is 0 Å². The van der Waals surface area contributed by atoms with Gasteiger partial charge in [-0.15, -0.1) is 0 Å². The second kappa shape index (κ2) is 10.5. The predicted molar refractivity (Wildman–Crippen MR) is 104 cm³/mol. The largest absolute Gasteiger partial charge is 0.468 e. The van der Waals surface area contributed by atoms with E-state index < -0.39 is 10.0 Å². The smallest absolute Gasteiger partial charge is 0.211 e. The van der Waals surface area contributed by atoms with Crippen molar-refractivity contribution in [3.05, 3.63) is 24.2 Å². The third-order valence-corrected chi connectivity index (χ3v) is 5.89. The Balaban J connectivity index is 1.76. The van der Waals surface area contributed by atoms with E-state index in [2.05, 4.69) is 25.2 Å². The zero-order valence-corrected chi connectivity index (χ0v) is 16.5. The molecule has 3 N–H and O–H groups in total. The highest BCUT2D eigenvalue weighted by Gasteiger charge is 2.25. The Hall–Kier alpha value is -1.58. The molecular weight excluding hydrogens is 354 g/mol. The number of hydrogen-bond donors (Lipinski definition) is 3. The first-order valence-electron chi connectivity index (χ1n) is 9.25. The van der Waals surface area contributed by atoms with Crippen LogP contribution < -0.4 is 15.4 Å². The van der Waals surface area contributed by atoms with Gasteiger partial charge in [-0.05, 0) is 51.4 Å². The molecule has 2 rings (SSSR count). The second-order valence-corrected chi connectivity index (χ2v) is 8.40. The summed E-state index contributed by atoms with van der Waals surface area (Å²) in [6.45, 7) is 5.55. The molecule has 9 heteroatoms. The van der Waals surface area contributed by atoms with E-state index in [1.807, 2.05) is 12.1 Å². The maximum atomic E-state index is 11.4. The molecule has 2 heterocycles. The maximum absolute atomic E-state index is 11.4. The first kappa shape index (κ1) is 20.7. The molecule has 1 aromatic heterocycles. The zero-order chi connectivity index (χ0) is 18.8. The van der Waals surface area contributed by atoms with Crippen molar-refractivity contribution >= 4 is 16.0 Å². The lowest BCUT2D eigenvalue weighted by Gasteiger charge is -2.26. The number of rotatable bonds is 10. The molecule has 0 spiro atoms. The minimum atomic E-state index is -3.12. The number of aliphatic imine (C=N–C) groups is 1. The topological polar surface area (TPSA) is 99.0 Å². The van der Waals surface area contributed by atoms with E-state index in [4.69, 9.17) is 4.42 Å². The molecule has 1 fully saturated rings. The highest BCUT2D eigenvalue weighted by molar-refractivity contribution is 7.89. The van der Waals surface area contributed by atoms with E-state index in [1.165, 1.54) is 12.8 Å². The lowest BCUT2D eigenvalue weighted by molar-refractivity contribution is 0.215. The molecule has 1 aliphatic rings. The van der Waals surface area contributed by atoms with Gasteiger partial charge in [-0.2, -0.15) is 0 Å². The Morgan fingerprint density at radius 3 is 2.69 bits per heavy atom. The van der Waals surface area contributed by atoms with Gasteiger partial charge in [0.2, 0.25) is 10.0 Å². The quantitative estimate of drug-likeness (QED) is 0.315. The van der Waals surface area contributed by atoms with E-state index in [9.17, 15) is 8.42 Å². The van der Waals surface area contributed by atoms with Gasteiger partial charge in [-0.25, -0.2) is 13.1 Å². The summed E-state index contributed by atoms with van der Waals surface area (Å²) >= 11 is 0. The highest BCUT2D eigenvalue weighted by Crippen LogP contribution is 2.24. The standard InChI is InChI=1S/C17H31N5O3S/c1-3-26(23,24)21-10-7-9-19-17(18-2)20-14-15(16-8-6-13-25-16)22-11-4-5-12-22/h6,8,13,15,21H,3-5,7,9-12,14H2,1-2H3,(H2,18,19,20). The SMILES string of the molecule is CCS(=O)(=O)NCCCNC(=NC)NCC(c1ccco1)N1CCCC1. The number of sulfonamides is 1. The van der Waals surface area contributed by atoms with Crippen molar-refractivity contribution in [1.29, 1.82) is 0 Å². The maximum Gasteiger partial charge on any atom is 0.211 e. The number of furan rings is 1. The molecule has 26 heavy (non-hydrogen) atoms. The Morgan fingerprint density at radius 1 is 1.31 bits per heavy atom. The van der Waals surface area contributed by atoms with E-state index >= 15 is 0 Å². The molecule has 1 atom stereocenters. The fraction of sp³-hybridized carbons (Fsp3) is 0.706. The molecular formula is C17H31N5O3S. The van der Waals surface area contributed by atoms with Gasteiger partial charge < -0.3 is 15.1 Å². The predicted octanol–water partition coefficient (Wildman–Crippen LogP) is 0.911. The van der Waals surface area contributed by atoms with Crippen molar-refractivity contribution in [1.82, 2.24) is 20.3 Å². The van der Waals surface area contributed by atoms with Crippen LogP contribution in [0.3, 0.4) is 0 Å². The molecule has 1 unspecified atom stereocenters. The van der Waals surface area contributed by atoms with Gasteiger partial charge >= 0.3 is 0 Å². The van der Waals surface area contributed by atoms with Crippen molar-refractivity contribution in [2.45, 2.75) is 32.2 Å². The van der Waals surface area contributed by atoms with Gasteiger partial charge in [-0.1, -0.05) is 0 Å². The summed E-state index contributed by atoms with van der Waals surface area (Å²) in [6, 6.07) is 4.12. The van der Waals surface area contributed by atoms with Crippen LogP contribution in [0.15, 0.2) is 27.8 Å². The van der Waals surface area contributed by atoms with Crippen molar-refractivity contribution in [3.63, 3.8) is 0 Å². The average Bonchev–Trinajstić information content (AvgIpc) is 3.34. The number of nitrogens with one attached hydrogen (secondary N) is 3. The van der Waals surface area contributed by atoms with Crippen LogP contribution in [0.5, 0.6) is 0 Å². The van der Waals surface area contributed by atoms with E-state index in [0.717, 1.165) is 18.8 Å². The molecule has 1 aliphatic heterocycles. The van der Waals surface area contributed by atoms with Crippen LogP contribution >= 0.6 is 0 Å². The zero-order valence-electron chi connectivity index (χ0n) is 15.7. The number of likely N-dealkylation sites (tertiary alicyclic amines) is 1. The Labute approximate surface area is 156 Å². The first-order chi connectivity index (χ1) is 12.6. The van der Waals surface area contributed by atoms with Gasteiger partial charge in [0.05, 0.1) is 18.1 Å². The third kappa shape index (κ3) is 6.62. The molecule has 1 aromatic rings. The molecule has 0 aliphatic carbocycles. The Bertz CT molecular complexity index is 639.